The summed E-state index contributed by atoms with van der Waals surface area (Å²) in [6, 6.07) is 14.4. The summed E-state index contributed by atoms with van der Waals surface area (Å²) >= 11 is 0. The number of hydrogen-bond donors (Lipinski definition) is 0. The Morgan fingerprint density at radius 3 is 2.22 bits per heavy atom. The van der Waals surface area contributed by atoms with Crippen LogP contribution in [-0.4, -0.2) is 59.4 Å². The molecule has 0 fully saturated rings. The molecule has 0 N–H and O–H groups in total. The second kappa shape index (κ2) is 16.0. The number of likely N-dealkylation sites (N-methyl/N-ethyl adjacent to an activating group) is 1. The van der Waals surface area contributed by atoms with Crippen LogP contribution in [0.5, 0.6) is 5.75 Å². The molecule has 2 aromatic rings. The van der Waals surface area contributed by atoms with Gasteiger partial charge < -0.3 is 14.5 Å². The molecule has 0 bridgehead atoms. The third kappa shape index (κ3) is 9.22. The van der Waals surface area contributed by atoms with E-state index in [1.807, 2.05) is 32.3 Å². The fourth-order valence-corrected chi connectivity index (χ4v) is 8.66. The Bertz CT molecular complexity index is 1170. The molecule has 0 aliphatic carbocycles. The van der Waals surface area contributed by atoms with Crippen LogP contribution in [0.25, 0.3) is 0 Å². The molecule has 230 valence electrons. The van der Waals surface area contributed by atoms with Gasteiger partial charge in [-0.15, -0.1) is 0 Å². The third-order valence-corrected chi connectivity index (χ3v) is 11.0. The third-order valence-electron chi connectivity index (χ3n) is 8.94. The molecule has 2 aromatic carbocycles. The van der Waals surface area contributed by atoms with Gasteiger partial charge in [0.2, 0.25) is 0 Å². The first-order valence-corrected chi connectivity index (χ1v) is 17.8. The smallest absolute Gasteiger partial charge is 0.179 e. The molecular formula is C35H56N2O3S. The quantitative estimate of drug-likeness (QED) is 0.175. The largest absolute Gasteiger partial charge is 0.492 e. The topological polar surface area (TPSA) is 49.9 Å². The van der Waals surface area contributed by atoms with Crippen LogP contribution < -0.4 is 9.64 Å². The van der Waals surface area contributed by atoms with Crippen molar-refractivity contribution in [1.82, 2.24) is 4.90 Å². The number of anilines is 1. The molecular weight excluding hydrogens is 528 g/mol. The van der Waals surface area contributed by atoms with Gasteiger partial charge in [-0.25, -0.2) is 8.42 Å². The van der Waals surface area contributed by atoms with E-state index >= 15 is 0 Å². The Labute approximate surface area is 251 Å². The molecule has 5 nitrogen and oxygen atoms in total. The van der Waals surface area contributed by atoms with Gasteiger partial charge in [0, 0.05) is 32.2 Å². The monoisotopic (exact) mass is 584 g/mol. The molecule has 1 aliphatic heterocycles. The van der Waals surface area contributed by atoms with Gasteiger partial charge in [-0.2, -0.15) is 0 Å². The molecule has 1 heterocycles. The Morgan fingerprint density at radius 1 is 0.878 bits per heavy atom. The Hall–Kier alpha value is -2.05. The number of hydrogen-bond acceptors (Lipinski definition) is 5. The van der Waals surface area contributed by atoms with E-state index in [-0.39, 0.29) is 17.1 Å². The van der Waals surface area contributed by atoms with Crippen LogP contribution in [0, 0.1) is 5.41 Å². The van der Waals surface area contributed by atoms with E-state index in [0.717, 1.165) is 87.1 Å². The molecule has 41 heavy (non-hydrogen) atoms. The highest BCUT2D eigenvalue weighted by atomic mass is 32.2. The van der Waals surface area contributed by atoms with E-state index < -0.39 is 9.84 Å². The van der Waals surface area contributed by atoms with Crippen molar-refractivity contribution >= 4 is 15.5 Å². The predicted octanol–water partition coefficient (Wildman–Crippen LogP) is 8.32. The zero-order valence-corrected chi connectivity index (χ0v) is 27.6. The highest BCUT2D eigenvalue weighted by molar-refractivity contribution is 7.91. The fraction of sp³-hybridized carbons (Fsp3) is 0.657. The minimum Gasteiger partial charge on any atom is -0.492 e. The standard InChI is InChI=1S/C35H56N2O3S/c1-7-11-14-22-37(10-4)23-24-40-31-17-15-16-29(25-31)33-27-35(20-12-8-2,21-13-9-3)28-41(38,39)34-19-18-30(36(5)6)26-32(33)34/h15-19,25-26,33H,7-14,20-24,27-28H2,1-6H3/t33-/m1/s1. The Morgan fingerprint density at radius 2 is 1.59 bits per heavy atom. The maximum Gasteiger partial charge on any atom is 0.179 e. The highest BCUT2D eigenvalue weighted by Crippen LogP contribution is 2.50. The minimum atomic E-state index is -3.43. The van der Waals surface area contributed by atoms with Crippen molar-refractivity contribution in [2.45, 2.75) is 103 Å². The van der Waals surface area contributed by atoms with Gasteiger partial charge in [0.1, 0.15) is 12.4 Å². The second-order valence-corrected chi connectivity index (χ2v) is 14.4. The van der Waals surface area contributed by atoms with Crippen molar-refractivity contribution < 1.29 is 13.2 Å². The molecule has 0 amide bonds. The number of benzene rings is 2. The van der Waals surface area contributed by atoms with E-state index in [9.17, 15) is 8.42 Å². The maximum atomic E-state index is 14.0. The van der Waals surface area contributed by atoms with E-state index in [4.69, 9.17) is 4.74 Å². The molecule has 0 saturated carbocycles. The van der Waals surface area contributed by atoms with Crippen LogP contribution in [0.3, 0.4) is 0 Å². The summed E-state index contributed by atoms with van der Waals surface area (Å²) in [7, 11) is 0.606. The van der Waals surface area contributed by atoms with Gasteiger partial charge in [0.15, 0.2) is 9.84 Å². The van der Waals surface area contributed by atoms with Gasteiger partial charge in [0.25, 0.3) is 0 Å². The van der Waals surface area contributed by atoms with E-state index in [2.05, 4.69) is 61.8 Å². The van der Waals surface area contributed by atoms with Gasteiger partial charge >= 0.3 is 0 Å². The highest BCUT2D eigenvalue weighted by Gasteiger charge is 2.43. The summed E-state index contributed by atoms with van der Waals surface area (Å²) in [5.41, 5.74) is 2.90. The molecule has 0 unspecified atom stereocenters. The maximum absolute atomic E-state index is 14.0. The summed E-state index contributed by atoms with van der Waals surface area (Å²) in [6.45, 7) is 12.6. The second-order valence-electron chi connectivity index (χ2n) is 12.4. The number of nitrogens with zero attached hydrogens (tertiary/aromatic N) is 2. The first-order valence-electron chi connectivity index (χ1n) is 16.2. The lowest BCUT2D eigenvalue weighted by atomic mass is 9.70. The van der Waals surface area contributed by atoms with Crippen molar-refractivity contribution in [3.05, 3.63) is 53.6 Å². The summed E-state index contributed by atoms with van der Waals surface area (Å²) < 4.78 is 34.4. The lowest BCUT2D eigenvalue weighted by molar-refractivity contribution is 0.212. The van der Waals surface area contributed by atoms with Gasteiger partial charge in [-0.1, -0.05) is 78.4 Å². The van der Waals surface area contributed by atoms with Crippen molar-refractivity contribution in [3.8, 4) is 5.75 Å². The molecule has 3 rings (SSSR count). The first kappa shape index (κ1) is 33.5. The molecule has 1 aliphatic rings. The molecule has 0 radical (unpaired) electrons. The van der Waals surface area contributed by atoms with Crippen molar-refractivity contribution in [2.24, 2.45) is 5.41 Å². The zero-order chi connectivity index (χ0) is 29.9. The average molecular weight is 585 g/mol. The van der Waals surface area contributed by atoms with Crippen LogP contribution in [0.15, 0.2) is 47.4 Å². The van der Waals surface area contributed by atoms with Crippen molar-refractivity contribution in [1.29, 1.82) is 0 Å². The van der Waals surface area contributed by atoms with Gasteiger partial charge in [0.05, 0.1) is 10.6 Å². The normalized spacial score (nSPS) is 17.7. The number of rotatable bonds is 17. The summed E-state index contributed by atoms with van der Waals surface area (Å²) in [5.74, 6) is 1.11. The lowest BCUT2D eigenvalue weighted by Crippen LogP contribution is -2.30. The van der Waals surface area contributed by atoms with E-state index in [0.29, 0.717) is 11.5 Å². The fourth-order valence-electron chi connectivity index (χ4n) is 6.45. The van der Waals surface area contributed by atoms with Crippen LogP contribution in [0.1, 0.15) is 109 Å². The van der Waals surface area contributed by atoms with Gasteiger partial charge in [-0.05, 0) is 85.6 Å². The zero-order valence-electron chi connectivity index (χ0n) is 26.8. The van der Waals surface area contributed by atoms with Crippen LogP contribution >= 0.6 is 0 Å². The van der Waals surface area contributed by atoms with E-state index in [1.54, 1.807) is 0 Å². The minimum absolute atomic E-state index is 0.000575. The summed E-state index contributed by atoms with van der Waals surface area (Å²) in [6.07, 6.45) is 10.8. The molecule has 0 aromatic heterocycles. The Kier molecular flexibility index (Phi) is 13.0. The summed E-state index contributed by atoms with van der Waals surface area (Å²) in [5, 5.41) is 0. The van der Waals surface area contributed by atoms with Gasteiger partial charge in [-0.3, -0.25) is 0 Å². The molecule has 1 atom stereocenters. The van der Waals surface area contributed by atoms with Crippen LogP contribution in [0.2, 0.25) is 0 Å². The first-order chi connectivity index (χ1) is 19.7. The molecule has 0 saturated heterocycles. The molecule has 0 spiro atoms. The van der Waals surface area contributed by atoms with Crippen LogP contribution in [-0.2, 0) is 9.84 Å². The van der Waals surface area contributed by atoms with Crippen molar-refractivity contribution in [2.75, 3.05) is 51.0 Å². The van der Waals surface area contributed by atoms with Crippen molar-refractivity contribution in [3.63, 3.8) is 0 Å². The SMILES string of the molecule is CCCCCN(CC)CCOc1cccc([C@H]2CC(CCCC)(CCCC)CS(=O)(=O)c3ccc(N(C)C)cc32)c1. The molecule has 6 heteroatoms. The van der Waals surface area contributed by atoms with Crippen LogP contribution in [0.4, 0.5) is 5.69 Å². The predicted molar refractivity (Wildman–Crippen MR) is 174 cm³/mol. The average Bonchev–Trinajstić information content (AvgIpc) is 3.06. The number of sulfone groups is 1. The Balaban J connectivity index is 1.99. The number of fused-ring (bicyclic) bond motifs is 1. The lowest BCUT2D eigenvalue weighted by Gasteiger charge is -2.35. The van der Waals surface area contributed by atoms with E-state index in [1.165, 1.54) is 19.3 Å². The number of ether oxygens (including phenoxy) is 1. The number of unbranched alkanes of at least 4 members (excludes halogenated alkanes) is 4. The summed E-state index contributed by atoms with van der Waals surface area (Å²) in [4.78, 5) is 5.04.